The van der Waals surface area contributed by atoms with Crippen molar-refractivity contribution in [2.75, 3.05) is 11.9 Å². The predicted octanol–water partition coefficient (Wildman–Crippen LogP) is 2.05. The SMILES string of the molecule is OC1CNc2c(Br)cc(F)cc21. The fourth-order valence-electron chi connectivity index (χ4n) is 1.35. The Labute approximate surface area is 77.5 Å². The Morgan fingerprint density at radius 1 is 1.58 bits per heavy atom. The van der Waals surface area contributed by atoms with E-state index in [4.69, 9.17) is 0 Å². The van der Waals surface area contributed by atoms with Gasteiger partial charge in [-0.2, -0.15) is 0 Å². The van der Waals surface area contributed by atoms with Gasteiger partial charge >= 0.3 is 0 Å². The van der Waals surface area contributed by atoms with Crippen LogP contribution in [0.3, 0.4) is 0 Å². The van der Waals surface area contributed by atoms with Gasteiger partial charge in [0.15, 0.2) is 0 Å². The predicted molar refractivity (Wildman–Crippen MR) is 47.5 cm³/mol. The molecule has 0 aliphatic carbocycles. The van der Waals surface area contributed by atoms with Gasteiger partial charge in [-0.15, -0.1) is 0 Å². The van der Waals surface area contributed by atoms with Crippen LogP contribution in [-0.4, -0.2) is 11.7 Å². The summed E-state index contributed by atoms with van der Waals surface area (Å²) in [6, 6.07) is 2.73. The zero-order valence-electron chi connectivity index (χ0n) is 6.14. The van der Waals surface area contributed by atoms with Crippen molar-refractivity contribution in [2.45, 2.75) is 6.10 Å². The number of fused-ring (bicyclic) bond motifs is 1. The molecule has 1 aromatic rings. The summed E-state index contributed by atoms with van der Waals surface area (Å²) < 4.78 is 13.5. The van der Waals surface area contributed by atoms with Crippen molar-refractivity contribution in [3.8, 4) is 0 Å². The molecule has 2 rings (SSSR count). The van der Waals surface area contributed by atoms with E-state index in [0.29, 0.717) is 16.6 Å². The number of halogens is 2. The first-order valence-corrected chi connectivity index (χ1v) is 4.38. The molecule has 0 saturated heterocycles. The molecule has 1 aliphatic heterocycles. The minimum atomic E-state index is -0.591. The van der Waals surface area contributed by atoms with E-state index in [1.165, 1.54) is 12.1 Å². The van der Waals surface area contributed by atoms with Crippen molar-refractivity contribution in [1.82, 2.24) is 0 Å². The van der Waals surface area contributed by atoms with Crippen molar-refractivity contribution in [3.05, 3.63) is 28.0 Å². The minimum absolute atomic E-state index is 0.330. The third kappa shape index (κ3) is 1.11. The van der Waals surface area contributed by atoms with Crippen LogP contribution in [0.4, 0.5) is 10.1 Å². The number of hydrogen-bond acceptors (Lipinski definition) is 2. The highest BCUT2D eigenvalue weighted by Crippen LogP contribution is 2.36. The summed E-state index contributed by atoms with van der Waals surface area (Å²) in [6.45, 7) is 0.456. The molecular formula is C8H7BrFNO. The molecule has 2 nitrogen and oxygen atoms in total. The van der Waals surface area contributed by atoms with Crippen LogP contribution in [0.5, 0.6) is 0 Å². The first-order valence-electron chi connectivity index (χ1n) is 3.59. The smallest absolute Gasteiger partial charge is 0.124 e. The lowest BCUT2D eigenvalue weighted by molar-refractivity contribution is 0.199. The Bertz CT molecular complexity index is 329. The molecule has 0 saturated carbocycles. The molecule has 1 aliphatic rings. The molecular weight excluding hydrogens is 225 g/mol. The maximum Gasteiger partial charge on any atom is 0.124 e. The molecule has 12 heavy (non-hydrogen) atoms. The van der Waals surface area contributed by atoms with Gasteiger partial charge in [-0.05, 0) is 28.1 Å². The van der Waals surface area contributed by atoms with Gasteiger partial charge in [0, 0.05) is 16.6 Å². The van der Waals surface area contributed by atoms with Crippen LogP contribution in [0.15, 0.2) is 16.6 Å². The molecule has 0 amide bonds. The van der Waals surface area contributed by atoms with Crippen molar-refractivity contribution in [1.29, 1.82) is 0 Å². The highest BCUT2D eigenvalue weighted by atomic mass is 79.9. The van der Waals surface area contributed by atoms with Crippen LogP contribution in [0.1, 0.15) is 11.7 Å². The van der Waals surface area contributed by atoms with Crippen LogP contribution in [-0.2, 0) is 0 Å². The van der Waals surface area contributed by atoms with E-state index >= 15 is 0 Å². The third-order valence-electron chi connectivity index (χ3n) is 1.92. The van der Waals surface area contributed by atoms with E-state index in [-0.39, 0.29) is 5.82 Å². The molecule has 1 aromatic carbocycles. The second-order valence-electron chi connectivity index (χ2n) is 2.75. The molecule has 0 aromatic heterocycles. The number of rotatable bonds is 0. The molecule has 64 valence electrons. The molecule has 4 heteroatoms. The second-order valence-corrected chi connectivity index (χ2v) is 3.60. The molecule has 1 atom stereocenters. The van der Waals surface area contributed by atoms with Crippen molar-refractivity contribution < 1.29 is 9.50 Å². The topological polar surface area (TPSA) is 32.3 Å². The molecule has 0 radical (unpaired) electrons. The fourth-order valence-corrected chi connectivity index (χ4v) is 1.94. The minimum Gasteiger partial charge on any atom is -0.386 e. The average molecular weight is 232 g/mol. The molecule has 2 N–H and O–H groups in total. The summed E-state index contributed by atoms with van der Waals surface area (Å²) in [4.78, 5) is 0. The first kappa shape index (κ1) is 8.01. The zero-order valence-corrected chi connectivity index (χ0v) is 7.73. The van der Waals surface area contributed by atoms with Crippen LogP contribution in [0.2, 0.25) is 0 Å². The monoisotopic (exact) mass is 231 g/mol. The van der Waals surface area contributed by atoms with Gasteiger partial charge < -0.3 is 10.4 Å². The van der Waals surface area contributed by atoms with Crippen LogP contribution >= 0.6 is 15.9 Å². The molecule has 1 unspecified atom stereocenters. The maximum absolute atomic E-state index is 12.8. The number of hydrogen-bond donors (Lipinski definition) is 2. The Morgan fingerprint density at radius 2 is 2.33 bits per heavy atom. The van der Waals surface area contributed by atoms with Gasteiger partial charge in [-0.1, -0.05) is 0 Å². The van der Waals surface area contributed by atoms with E-state index in [1.54, 1.807) is 0 Å². The van der Waals surface area contributed by atoms with E-state index in [9.17, 15) is 9.50 Å². The Hall–Kier alpha value is -0.610. The Balaban J connectivity index is 2.60. The van der Waals surface area contributed by atoms with Gasteiger partial charge in [0.25, 0.3) is 0 Å². The van der Waals surface area contributed by atoms with Crippen molar-refractivity contribution in [3.63, 3.8) is 0 Å². The standard InChI is InChI=1S/C8H7BrFNO/c9-6-2-4(10)1-5-7(12)3-11-8(5)6/h1-2,7,11-12H,3H2. The number of β-amino-alcohol motifs (C(OH)–C–C–N with tert-alkyl or cyclic N) is 1. The summed E-state index contributed by atoms with van der Waals surface area (Å²) in [6.07, 6.45) is -0.591. The third-order valence-corrected chi connectivity index (χ3v) is 2.54. The fraction of sp³-hybridized carbons (Fsp3) is 0.250. The van der Waals surface area contributed by atoms with E-state index in [2.05, 4.69) is 21.2 Å². The summed E-state index contributed by atoms with van der Waals surface area (Å²) in [7, 11) is 0. The van der Waals surface area contributed by atoms with Crippen LogP contribution < -0.4 is 5.32 Å². The molecule has 0 spiro atoms. The summed E-state index contributed by atoms with van der Waals surface area (Å²) in [5.41, 5.74) is 1.42. The Morgan fingerprint density at radius 3 is 3.08 bits per heavy atom. The lowest BCUT2D eigenvalue weighted by atomic mass is 10.1. The van der Waals surface area contributed by atoms with Gasteiger partial charge in [-0.25, -0.2) is 4.39 Å². The molecule has 0 bridgehead atoms. The zero-order chi connectivity index (χ0) is 8.72. The van der Waals surface area contributed by atoms with Gasteiger partial charge in [0.1, 0.15) is 5.82 Å². The average Bonchev–Trinajstić information content (AvgIpc) is 2.33. The van der Waals surface area contributed by atoms with Gasteiger partial charge in [0.2, 0.25) is 0 Å². The van der Waals surface area contributed by atoms with Gasteiger partial charge in [0.05, 0.1) is 11.8 Å². The van der Waals surface area contributed by atoms with Gasteiger partial charge in [-0.3, -0.25) is 0 Å². The largest absolute Gasteiger partial charge is 0.386 e. The maximum atomic E-state index is 12.8. The number of aliphatic hydroxyl groups is 1. The highest BCUT2D eigenvalue weighted by molar-refractivity contribution is 9.10. The van der Waals surface area contributed by atoms with Crippen molar-refractivity contribution in [2.24, 2.45) is 0 Å². The lowest BCUT2D eigenvalue weighted by Gasteiger charge is -2.03. The summed E-state index contributed by atoms with van der Waals surface area (Å²) >= 11 is 3.21. The van der Waals surface area contributed by atoms with Crippen molar-refractivity contribution >= 4 is 21.6 Å². The second kappa shape index (κ2) is 2.71. The lowest BCUT2D eigenvalue weighted by Crippen LogP contribution is -1.99. The summed E-state index contributed by atoms with van der Waals surface area (Å²) in [5.74, 6) is -0.330. The molecule has 1 heterocycles. The van der Waals surface area contributed by atoms with E-state index < -0.39 is 6.10 Å². The molecule has 0 fully saturated rings. The van der Waals surface area contributed by atoms with Crippen LogP contribution in [0, 0.1) is 5.82 Å². The number of anilines is 1. The van der Waals surface area contributed by atoms with E-state index in [0.717, 1.165) is 5.69 Å². The first-order chi connectivity index (χ1) is 5.68. The summed E-state index contributed by atoms with van der Waals surface area (Å²) in [5, 5.41) is 12.4. The van der Waals surface area contributed by atoms with Crippen LogP contribution in [0.25, 0.3) is 0 Å². The Kier molecular flexibility index (Phi) is 1.81. The van der Waals surface area contributed by atoms with E-state index in [1.807, 2.05) is 0 Å². The normalized spacial score (nSPS) is 20.4. The number of aliphatic hydroxyl groups excluding tert-OH is 1. The number of benzene rings is 1. The quantitative estimate of drug-likeness (QED) is 0.717. The number of nitrogens with one attached hydrogen (secondary N) is 1. The highest BCUT2D eigenvalue weighted by Gasteiger charge is 2.22.